The zero-order chi connectivity index (χ0) is 13.9. The first-order chi connectivity index (χ1) is 9.00. The summed E-state index contributed by atoms with van der Waals surface area (Å²) in [5, 5.41) is 4.31. The fourth-order valence-electron chi connectivity index (χ4n) is 1.30. The maximum Gasteiger partial charge on any atom is 0.277 e. The lowest BCUT2D eigenvalue weighted by atomic mass is 10.2. The fourth-order valence-corrected chi connectivity index (χ4v) is 1.95. The second-order valence-electron chi connectivity index (χ2n) is 3.55. The van der Waals surface area contributed by atoms with Crippen molar-refractivity contribution in [3.63, 3.8) is 0 Å². The Morgan fingerprint density at radius 3 is 2.89 bits per heavy atom. The maximum atomic E-state index is 11.2. The van der Waals surface area contributed by atoms with Gasteiger partial charge in [-0.25, -0.2) is 4.72 Å². The van der Waals surface area contributed by atoms with Gasteiger partial charge in [-0.2, -0.15) is 18.1 Å². The van der Waals surface area contributed by atoms with Crippen molar-refractivity contribution in [1.29, 1.82) is 0 Å². The zero-order valence-electron chi connectivity index (χ0n) is 9.92. The van der Waals surface area contributed by atoms with Crippen LogP contribution in [0.2, 0.25) is 5.02 Å². The van der Waals surface area contributed by atoms with Crippen molar-refractivity contribution in [3.8, 4) is 11.4 Å². The average Bonchev–Trinajstić information content (AvgIpc) is 2.85. The molecule has 0 aliphatic rings. The molecule has 0 atom stereocenters. The third kappa shape index (κ3) is 3.74. The molecule has 0 bridgehead atoms. The molecule has 2 rings (SSSR count). The molecular formula is C10H11ClN4O3S. The minimum atomic E-state index is -3.53. The van der Waals surface area contributed by atoms with Gasteiger partial charge in [0, 0.05) is 17.6 Å². The van der Waals surface area contributed by atoms with Crippen molar-refractivity contribution in [2.75, 3.05) is 7.05 Å². The molecule has 7 nitrogen and oxygen atoms in total. The summed E-state index contributed by atoms with van der Waals surface area (Å²) in [6.45, 7) is -0.0866. The van der Waals surface area contributed by atoms with E-state index >= 15 is 0 Å². The lowest BCUT2D eigenvalue weighted by Crippen LogP contribution is -2.33. The third-order valence-corrected chi connectivity index (χ3v) is 3.53. The van der Waals surface area contributed by atoms with E-state index in [0.717, 1.165) is 0 Å². The molecule has 19 heavy (non-hydrogen) atoms. The molecule has 0 amide bonds. The maximum absolute atomic E-state index is 11.2. The Morgan fingerprint density at radius 2 is 2.21 bits per heavy atom. The van der Waals surface area contributed by atoms with E-state index in [1.807, 2.05) is 0 Å². The summed E-state index contributed by atoms with van der Waals surface area (Å²) in [6.07, 6.45) is 0. The Morgan fingerprint density at radius 1 is 1.42 bits per heavy atom. The number of nitrogens with zero attached hydrogens (tertiary/aromatic N) is 2. The molecule has 0 saturated carbocycles. The molecule has 0 saturated heterocycles. The first-order valence-electron chi connectivity index (χ1n) is 5.27. The summed E-state index contributed by atoms with van der Waals surface area (Å²) < 4.78 is 31.6. The number of rotatable bonds is 5. The number of halogens is 1. The van der Waals surface area contributed by atoms with Crippen molar-refractivity contribution in [2.24, 2.45) is 0 Å². The van der Waals surface area contributed by atoms with E-state index in [1.165, 1.54) is 7.05 Å². The van der Waals surface area contributed by atoms with Gasteiger partial charge in [0.25, 0.3) is 10.2 Å². The molecule has 0 fully saturated rings. The number of hydrogen-bond acceptors (Lipinski definition) is 5. The normalized spacial score (nSPS) is 11.7. The van der Waals surface area contributed by atoms with Gasteiger partial charge in [-0.05, 0) is 12.1 Å². The van der Waals surface area contributed by atoms with Crippen molar-refractivity contribution < 1.29 is 12.9 Å². The average molecular weight is 303 g/mol. The smallest absolute Gasteiger partial charge is 0.277 e. The van der Waals surface area contributed by atoms with Crippen molar-refractivity contribution in [2.45, 2.75) is 6.54 Å². The highest BCUT2D eigenvalue weighted by Gasteiger charge is 2.12. The lowest BCUT2D eigenvalue weighted by molar-refractivity contribution is 0.375. The van der Waals surface area contributed by atoms with E-state index in [0.29, 0.717) is 16.4 Å². The van der Waals surface area contributed by atoms with Crippen LogP contribution in [0, 0.1) is 0 Å². The summed E-state index contributed by atoms with van der Waals surface area (Å²) in [5.41, 5.74) is 0.693. The van der Waals surface area contributed by atoms with Gasteiger partial charge in [-0.15, -0.1) is 0 Å². The number of nitrogens with one attached hydrogen (secondary N) is 2. The van der Waals surface area contributed by atoms with Crippen LogP contribution in [-0.2, 0) is 16.8 Å². The van der Waals surface area contributed by atoms with E-state index in [4.69, 9.17) is 16.1 Å². The van der Waals surface area contributed by atoms with Gasteiger partial charge in [0.2, 0.25) is 11.7 Å². The standard InChI is InChI=1S/C10H11ClN4O3S/c1-12-19(16,17)13-6-9-14-10(15-18-9)7-3-2-4-8(11)5-7/h2-5,12-13H,6H2,1H3. The van der Waals surface area contributed by atoms with Crippen LogP contribution in [0.1, 0.15) is 5.89 Å². The molecule has 9 heteroatoms. The van der Waals surface area contributed by atoms with Gasteiger partial charge >= 0.3 is 0 Å². The van der Waals surface area contributed by atoms with Gasteiger partial charge < -0.3 is 4.52 Å². The van der Waals surface area contributed by atoms with E-state index in [-0.39, 0.29) is 12.4 Å². The van der Waals surface area contributed by atoms with E-state index in [9.17, 15) is 8.42 Å². The molecule has 1 aromatic carbocycles. The summed E-state index contributed by atoms with van der Waals surface area (Å²) in [7, 11) is -2.23. The van der Waals surface area contributed by atoms with E-state index < -0.39 is 10.2 Å². The van der Waals surface area contributed by atoms with Crippen LogP contribution in [0.15, 0.2) is 28.8 Å². The van der Waals surface area contributed by atoms with Crippen molar-refractivity contribution in [3.05, 3.63) is 35.2 Å². The largest absolute Gasteiger partial charge is 0.338 e. The molecule has 0 unspecified atom stereocenters. The highest BCUT2D eigenvalue weighted by Crippen LogP contribution is 2.19. The quantitative estimate of drug-likeness (QED) is 0.857. The SMILES string of the molecule is CNS(=O)(=O)NCc1nc(-c2cccc(Cl)c2)no1. The molecule has 2 N–H and O–H groups in total. The van der Waals surface area contributed by atoms with Gasteiger partial charge in [-0.1, -0.05) is 28.9 Å². The van der Waals surface area contributed by atoms with Crippen LogP contribution in [0.3, 0.4) is 0 Å². The van der Waals surface area contributed by atoms with Gasteiger partial charge in [0.1, 0.15) is 0 Å². The Bertz CT molecular complexity index is 671. The van der Waals surface area contributed by atoms with E-state index in [1.54, 1.807) is 24.3 Å². The van der Waals surface area contributed by atoms with Crippen LogP contribution in [0.5, 0.6) is 0 Å². The molecule has 0 spiro atoms. The predicted molar refractivity (Wildman–Crippen MR) is 69.6 cm³/mol. The Hall–Kier alpha value is -1.48. The number of benzene rings is 1. The molecule has 102 valence electrons. The summed E-state index contributed by atoms with van der Waals surface area (Å²) in [4.78, 5) is 4.07. The molecule has 0 aliphatic heterocycles. The van der Waals surface area contributed by atoms with Crippen molar-refractivity contribution in [1.82, 2.24) is 19.6 Å². The summed E-state index contributed by atoms with van der Waals surface area (Å²) in [6, 6.07) is 6.96. The molecule has 0 aliphatic carbocycles. The van der Waals surface area contributed by atoms with Crippen LogP contribution in [0.4, 0.5) is 0 Å². The molecule has 1 aromatic heterocycles. The first-order valence-corrected chi connectivity index (χ1v) is 7.13. The van der Waals surface area contributed by atoms with Gasteiger partial charge in [-0.3, -0.25) is 0 Å². The monoisotopic (exact) mass is 302 g/mol. The third-order valence-electron chi connectivity index (χ3n) is 2.23. The topological polar surface area (TPSA) is 97.1 Å². The fraction of sp³-hybridized carbons (Fsp3) is 0.200. The molecular weight excluding hydrogens is 292 g/mol. The minimum Gasteiger partial charge on any atom is -0.338 e. The van der Waals surface area contributed by atoms with Crippen LogP contribution in [0.25, 0.3) is 11.4 Å². The van der Waals surface area contributed by atoms with E-state index in [2.05, 4.69) is 19.6 Å². The first kappa shape index (κ1) is 13.9. The Balaban J connectivity index is 2.12. The number of hydrogen-bond donors (Lipinski definition) is 2. The minimum absolute atomic E-state index is 0.0866. The molecule has 2 aromatic rings. The summed E-state index contributed by atoms with van der Waals surface area (Å²) >= 11 is 5.86. The van der Waals surface area contributed by atoms with Crippen LogP contribution < -0.4 is 9.44 Å². The van der Waals surface area contributed by atoms with Crippen molar-refractivity contribution >= 4 is 21.8 Å². The highest BCUT2D eigenvalue weighted by molar-refractivity contribution is 7.87. The van der Waals surface area contributed by atoms with Gasteiger partial charge in [0.15, 0.2) is 0 Å². The molecule has 1 heterocycles. The Labute approximate surface area is 115 Å². The summed E-state index contributed by atoms with van der Waals surface area (Å²) in [5.74, 6) is 0.509. The Kier molecular flexibility index (Phi) is 4.15. The van der Waals surface area contributed by atoms with Crippen LogP contribution in [-0.4, -0.2) is 25.6 Å². The lowest BCUT2D eigenvalue weighted by Gasteiger charge is -2.00. The molecule has 0 radical (unpaired) electrons. The predicted octanol–water partition coefficient (Wildman–Crippen LogP) is 0.944. The highest BCUT2D eigenvalue weighted by atomic mass is 35.5. The number of aromatic nitrogens is 2. The second kappa shape index (κ2) is 5.66. The van der Waals surface area contributed by atoms with Crippen LogP contribution >= 0.6 is 11.6 Å². The van der Waals surface area contributed by atoms with Gasteiger partial charge in [0.05, 0.1) is 6.54 Å². The zero-order valence-corrected chi connectivity index (χ0v) is 11.5. The second-order valence-corrected chi connectivity index (χ2v) is 5.69.